The molecule has 0 unspecified atom stereocenters. The van der Waals surface area contributed by atoms with E-state index in [2.05, 4.69) is 181 Å². The van der Waals surface area contributed by atoms with E-state index in [1.165, 1.54) is 76.6 Å². The maximum atomic E-state index is 7.19. The van der Waals surface area contributed by atoms with Gasteiger partial charge in [0.05, 0.1) is 5.00 Å². The molecule has 3 heterocycles. The summed E-state index contributed by atoms with van der Waals surface area (Å²) >= 11 is 2.04. The van der Waals surface area contributed by atoms with Crippen LogP contribution in [-0.4, -0.2) is 45.9 Å². The van der Waals surface area contributed by atoms with Crippen LogP contribution in [0.15, 0.2) is 60.7 Å². The Bertz CT molecular complexity index is 3460. The Hall–Kier alpha value is -4.21. The van der Waals surface area contributed by atoms with Gasteiger partial charge in [-0.05, 0) is 204 Å². The first-order chi connectivity index (χ1) is 34.7. The maximum absolute atomic E-state index is 7.19. The van der Waals surface area contributed by atoms with E-state index in [0.29, 0.717) is 16.5 Å². The van der Waals surface area contributed by atoms with Crippen molar-refractivity contribution in [2.24, 2.45) is 0 Å². The van der Waals surface area contributed by atoms with Crippen molar-refractivity contribution in [2.45, 2.75) is 205 Å². The number of thiophene rings is 1. The van der Waals surface area contributed by atoms with E-state index in [-0.39, 0.29) is 66.4 Å². The second kappa shape index (κ2) is 16.0. The van der Waals surface area contributed by atoms with E-state index < -0.39 is 0 Å². The van der Waals surface area contributed by atoms with Crippen LogP contribution in [0.5, 0.6) is 0 Å². The molecule has 0 spiro atoms. The van der Waals surface area contributed by atoms with E-state index in [1.54, 1.807) is 0 Å². The van der Waals surface area contributed by atoms with E-state index in [4.69, 9.17) is 39.2 Å². The fourth-order valence-corrected chi connectivity index (χ4v) is 16.9. The Labute approximate surface area is 462 Å². The number of rotatable bonds is 3. The molecule has 5 aromatic carbocycles. The maximum Gasteiger partial charge on any atom is 0.253 e. The fourth-order valence-electron chi connectivity index (χ4n) is 15.2. The minimum absolute atomic E-state index is 0.00586. The molecule has 0 amide bonds. The molecule has 372 valence electrons. The summed E-state index contributed by atoms with van der Waals surface area (Å²) in [4.78, 5) is 6.80. The molecule has 10 radical (unpaired) electrons. The highest BCUT2D eigenvalue weighted by Crippen LogP contribution is 2.58. The summed E-state index contributed by atoms with van der Waals surface area (Å²) in [5, 5.41) is 1.31. The summed E-state index contributed by atoms with van der Waals surface area (Å²) in [7, 11) is 34.6. The van der Waals surface area contributed by atoms with Crippen LogP contribution >= 0.6 is 11.3 Å². The predicted octanol–water partition coefficient (Wildman–Crippen LogP) is 10.9. The lowest BCUT2D eigenvalue weighted by molar-refractivity contribution is 0.332. The van der Waals surface area contributed by atoms with Crippen molar-refractivity contribution in [3.8, 4) is 11.1 Å². The number of anilines is 6. The lowest BCUT2D eigenvalue weighted by Gasteiger charge is -2.48. The average molecular weight is 992 g/mol. The van der Waals surface area contributed by atoms with E-state index in [9.17, 15) is 0 Å². The lowest BCUT2D eigenvalue weighted by atomic mass is 9.32. The normalized spacial score (nSPS) is 21.9. The molecule has 2 nitrogen and oxygen atoms in total. The Morgan fingerprint density at radius 1 is 0.387 bits per heavy atom. The number of hydrogen-bond donors (Lipinski definition) is 0. The summed E-state index contributed by atoms with van der Waals surface area (Å²) in [6.07, 6.45) is 9.06. The van der Waals surface area contributed by atoms with E-state index in [1.807, 2.05) is 11.3 Å². The highest BCUT2D eigenvalue weighted by atomic mass is 32.1. The molecule has 9 heteroatoms. The van der Waals surface area contributed by atoms with Crippen LogP contribution in [0, 0.1) is 0 Å². The summed E-state index contributed by atoms with van der Waals surface area (Å²) in [6, 6.07) is 24.9. The first-order valence-corrected chi connectivity index (χ1v) is 29.0. The molecule has 0 fully saturated rings. The van der Waals surface area contributed by atoms with Crippen LogP contribution in [0.1, 0.15) is 206 Å². The number of nitrogens with zero attached hydrogens (tertiary/aromatic N) is 2. The van der Waals surface area contributed by atoms with Crippen molar-refractivity contribution in [1.82, 2.24) is 0 Å². The molecule has 0 saturated carbocycles. The highest BCUT2D eigenvalue weighted by molar-refractivity contribution is 7.20. The van der Waals surface area contributed by atoms with Crippen molar-refractivity contribution >= 4 is 134 Å². The van der Waals surface area contributed by atoms with Crippen LogP contribution in [-0.2, 0) is 43.3 Å². The molecule has 2 aliphatic heterocycles. The second-order valence-corrected chi connectivity index (χ2v) is 30.5. The Morgan fingerprint density at radius 3 is 1.27 bits per heavy atom. The predicted molar refractivity (Wildman–Crippen MR) is 332 cm³/mol. The summed E-state index contributed by atoms with van der Waals surface area (Å²) in [5.41, 5.74) is 23.1. The van der Waals surface area contributed by atoms with Gasteiger partial charge in [-0.15, -0.1) is 27.7 Å². The molecule has 0 saturated heterocycles. The molecule has 1 aromatic heterocycles. The quantitative estimate of drug-likeness (QED) is 0.163. The van der Waals surface area contributed by atoms with Crippen LogP contribution in [0.2, 0.25) is 0 Å². The average Bonchev–Trinajstić information content (AvgIpc) is 3.84. The fraction of sp³-hybridized carbons (Fsp3) is 0.485. The van der Waals surface area contributed by atoms with Gasteiger partial charge in [0.25, 0.3) is 6.71 Å². The first-order valence-electron chi connectivity index (χ1n) is 28.2. The molecule has 6 aliphatic rings. The smallest absolute Gasteiger partial charge is 0.253 e. The van der Waals surface area contributed by atoms with Gasteiger partial charge in [-0.3, -0.25) is 0 Å². The van der Waals surface area contributed by atoms with Gasteiger partial charge in [0.1, 0.15) is 39.2 Å². The van der Waals surface area contributed by atoms with Crippen LogP contribution in [0.4, 0.5) is 33.4 Å². The van der Waals surface area contributed by atoms with Crippen molar-refractivity contribution < 1.29 is 0 Å². The third-order valence-electron chi connectivity index (χ3n) is 20.7. The number of hydrogen-bond acceptors (Lipinski definition) is 3. The molecule has 0 atom stereocenters. The van der Waals surface area contributed by atoms with Gasteiger partial charge in [0, 0.05) is 33.3 Å². The molecule has 0 bridgehead atoms. The van der Waals surface area contributed by atoms with Crippen molar-refractivity contribution in [3.05, 3.63) is 104 Å². The van der Waals surface area contributed by atoms with Gasteiger partial charge >= 0.3 is 0 Å². The molecular formula is C66H74B6N2S. The summed E-state index contributed by atoms with van der Waals surface area (Å²) < 4.78 is 0. The van der Waals surface area contributed by atoms with Crippen molar-refractivity contribution in [1.29, 1.82) is 0 Å². The lowest BCUT2D eigenvalue weighted by Crippen LogP contribution is -2.63. The van der Waals surface area contributed by atoms with E-state index >= 15 is 0 Å². The molecule has 12 rings (SSSR count). The Morgan fingerprint density at radius 2 is 0.773 bits per heavy atom. The van der Waals surface area contributed by atoms with Gasteiger partial charge in [-0.1, -0.05) is 140 Å². The molecule has 0 N–H and O–H groups in total. The summed E-state index contributed by atoms with van der Waals surface area (Å²) in [6.45, 7) is 39.3. The monoisotopic (exact) mass is 993 g/mol. The van der Waals surface area contributed by atoms with E-state index in [0.717, 1.165) is 74.0 Å². The molecule has 6 aromatic rings. The Balaban J connectivity index is 1.28. The molecule has 4 aliphatic carbocycles. The van der Waals surface area contributed by atoms with Gasteiger partial charge < -0.3 is 9.80 Å². The van der Waals surface area contributed by atoms with Crippen LogP contribution in [0.25, 0.3) is 11.1 Å². The number of benzene rings is 5. The zero-order valence-electron chi connectivity index (χ0n) is 48.2. The number of fused-ring (bicyclic) bond motifs is 9. The SMILES string of the molecule is [B]c1c([B])c([B])c(-c2cc3c4c(c2)N(c2ccc5c(c2)C(C)(C)CCC5(C)C)c2sc5c(c2B4c2cc4c(cc2N3c2ccc3c(c2)C(C)(C)CCC3(C)C)C(C)(C)CCC4(C)C)C(C)(C)CCC5(C)C)c([B])c1[B]. The van der Waals surface area contributed by atoms with Gasteiger partial charge in [0.2, 0.25) is 0 Å². The summed E-state index contributed by atoms with van der Waals surface area (Å²) in [5.74, 6) is 0. The minimum Gasteiger partial charge on any atom is -0.311 e. The zero-order valence-corrected chi connectivity index (χ0v) is 49.0. The van der Waals surface area contributed by atoms with Gasteiger partial charge in [-0.2, -0.15) is 0 Å². The third-order valence-corrected chi connectivity index (χ3v) is 22.3. The van der Waals surface area contributed by atoms with Crippen LogP contribution < -0.4 is 53.5 Å². The molecular weight excluding hydrogens is 918 g/mol. The van der Waals surface area contributed by atoms with Crippen molar-refractivity contribution in [3.63, 3.8) is 0 Å². The van der Waals surface area contributed by atoms with Gasteiger partial charge in [-0.25, -0.2) is 0 Å². The molecule has 75 heavy (non-hydrogen) atoms. The minimum atomic E-state index is -0.0712. The topological polar surface area (TPSA) is 6.48 Å². The van der Waals surface area contributed by atoms with Crippen molar-refractivity contribution in [2.75, 3.05) is 9.80 Å². The zero-order chi connectivity index (χ0) is 54.0. The second-order valence-electron chi connectivity index (χ2n) is 29.5. The standard InChI is InChI=1S/C66H74B6N2S/c1-59(2)21-23-61(5,6)40-31-36(17-19-38(40)59)73-45-34-43-42(63(9,10)25-26-64(43,11)12)33-44(45)72-55-46(73)29-35(48-50(67)52(69)54(71)53(70)51(48)68)30-47(55)74(37-18-20-39-41(32-37)62(7,8)24-22-60(39,3)4)58-56(72)49-57(75-58)66(15,16)28-27-65(49,13)14/h17-20,29-34H,21-28H2,1-16H3. The van der Waals surface area contributed by atoms with Gasteiger partial charge in [0.15, 0.2) is 0 Å². The third kappa shape index (κ3) is 7.29. The Kier molecular flexibility index (Phi) is 11.0. The van der Waals surface area contributed by atoms with Crippen LogP contribution in [0.3, 0.4) is 0 Å². The largest absolute Gasteiger partial charge is 0.311 e. The first kappa shape index (κ1) is 51.5. The highest BCUT2D eigenvalue weighted by Gasteiger charge is 2.53.